The van der Waals surface area contributed by atoms with Gasteiger partial charge in [-0.3, -0.25) is 4.79 Å². The first-order chi connectivity index (χ1) is 5.73. The van der Waals surface area contributed by atoms with E-state index in [-0.39, 0.29) is 17.0 Å². The van der Waals surface area contributed by atoms with E-state index in [0.29, 0.717) is 12.3 Å². The zero-order valence-corrected chi connectivity index (χ0v) is 9.22. The molecule has 0 heterocycles. The summed E-state index contributed by atoms with van der Waals surface area (Å²) in [6, 6.07) is 0. The lowest BCUT2D eigenvalue weighted by Crippen LogP contribution is -2.11. The van der Waals surface area contributed by atoms with Crippen LogP contribution >= 0.6 is 0 Å². The number of aliphatic hydroxyl groups is 1. The van der Waals surface area contributed by atoms with Gasteiger partial charge in [0.15, 0.2) is 5.78 Å². The maximum Gasteiger partial charge on any atom is 0.159 e. The maximum atomic E-state index is 11.3. The van der Waals surface area contributed by atoms with E-state index in [1.807, 2.05) is 34.6 Å². The Kier molecular flexibility index (Phi) is 4.18. The molecule has 0 fully saturated rings. The van der Waals surface area contributed by atoms with E-state index >= 15 is 0 Å². The van der Waals surface area contributed by atoms with Crippen molar-refractivity contribution in [3.63, 3.8) is 0 Å². The molecule has 2 nitrogen and oxygen atoms in total. The highest BCUT2D eigenvalue weighted by atomic mass is 16.3. The van der Waals surface area contributed by atoms with Gasteiger partial charge in [0, 0.05) is 17.9 Å². The SMILES string of the molecule is CC(C)CC(=O)/C=C(\O)C(C)(C)C. The third kappa shape index (κ3) is 5.45. The highest BCUT2D eigenvalue weighted by molar-refractivity contribution is 5.90. The monoisotopic (exact) mass is 184 g/mol. The Labute approximate surface area is 80.7 Å². The van der Waals surface area contributed by atoms with E-state index in [9.17, 15) is 9.90 Å². The predicted octanol–water partition coefficient (Wildman–Crippen LogP) is 3.09. The van der Waals surface area contributed by atoms with Crippen LogP contribution < -0.4 is 0 Å². The Morgan fingerprint density at radius 2 is 1.85 bits per heavy atom. The molecule has 0 aromatic rings. The fourth-order valence-corrected chi connectivity index (χ4v) is 0.830. The number of allylic oxidation sites excluding steroid dienone is 2. The molecule has 0 aromatic carbocycles. The van der Waals surface area contributed by atoms with E-state index in [2.05, 4.69) is 0 Å². The normalized spacial score (nSPS) is 13.5. The fourth-order valence-electron chi connectivity index (χ4n) is 0.830. The van der Waals surface area contributed by atoms with Crippen LogP contribution in [0.2, 0.25) is 0 Å². The van der Waals surface area contributed by atoms with Crippen molar-refractivity contribution in [2.45, 2.75) is 41.0 Å². The number of carbonyl (C=O) groups excluding carboxylic acids is 1. The molecule has 0 atom stereocenters. The number of aliphatic hydroxyl groups excluding tert-OH is 1. The topological polar surface area (TPSA) is 37.3 Å². The highest BCUT2D eigenvalue weighted by Gasteiger charge is 2.17. The Morgan fingerprint density at radius 3 is 2.15 bits per heavy atom. The summed E-state index contributed by atoms with van der Waals surface area (Å²) in [7, 11) is 0. The minimum absolute atomic E-state index is 0.00225. The number of ketones is 1. The predicted molar refractivity (Wildman–Crippen MR) is 54.6 cm³/mol. The van der Waals surface area contributed by atoms with Crippen molar-refractivity contribution in [3.8, 4) is 0 Å². The van der Waals surface area contributed by atoms with Gasteiger partial charge in [-0.05, 0) is 5.92 Å². The van der Waals surface area contributed by atoms with Crippen molar-refractivity contribution >= 4 is 5.78 Å². The third-order valence-electron chi connectivity index (χ3n) is 1.68. The average Bonchev–Trinajstić information content (AvgIpc) is 1.82. The lowest BCUT2D eigenvalue weighted by atomic mass is 9.92. The van der Waals surface area contributed by atoms with Gasteiger partial charge in [0.25, 0.3) is 0 Å². The first-order valence-corrected chi connectivity index (χ1v) is 4.67. The largest absolute Gasteiger partial charge is 0.512 e. The minimum Gasteiger partial charge on any atom is -0.512 e. The van der Waals surface area contributed by atoms with Gasteiger partial charge in [-0.1, -0.05) is 34.6 Å². The van der Waals surface area contributed by atoms with E-state index in [1.54, 1.807) is 0 Å². The second kappa shape index (κ2) is 4.45. The fraction of sp³-hybridized carbons (Fsp3) is 0.727. The third-order valence-corrected chi connectivity index (χ3v) is 1.68. The standard InChI is InChI=1S/C11H20O2/c1-8(2)6-9(12)7-10(13)11(3,4)5/h7-8,13H,6H2,1-5H3/b10-7-. The van der Waals surface area contributed by atoms with Gasteiger partial charge >= 0.3 is 0 Å². The summed E-state index contributed by atoms with van der Waals surface area (Å²) in [6.45, 7) is 9.60. The van der Waals surface area contributed by atoms with Crippen molar-refractivity contribution in [2.24, 2.45) is 11.3 Å². The molecule has 0 radical (unpaired) electrons. The number of rotatable bonds is 3. The molecule has 0 amide bonds. The van der Waals surface area contributed by atoms with Crippen molar-refractivity contribution in [1.82, 2.24) is 0 Å². The summed E-state index contributed by atoms with van der Waals surface area (Å²) in [5.74, 6) is 0.511. The Morgan fingerprint density at radius 1 is 1.38 bits per heavy atom. The van der Waals surface area contributed by atoms with E-state index in [0.717, 1.165) is 0 Å². The van der Waals surface area contributed by atoms with Gasteiger partial charge in [-0.2, -0.15) is 0 Å². The molecular weight excluding hydrogens is 164 g/mol. The van der Waals surface area contributed by atoms with Crippen LogP contribution in [0.3, 0.4) is 0 Å². The quantitative estimate of drug-likeness (QED) is 0.540. The Hall–Kier alpha value is -0.790. The van der Waals surface area contributed by atoms with Crippen LogP contribution in [0.15, 0.2) is 11.8 Å². The molecule has 76 valence electrons. The Bertz CT molecular complexity index is 207. The van der Waals surface area contributed by atoms with Gasteiger partial charge in [-0.15, -0.1) is 0 Å². The molecule has 13 heavy (non-hydrogen) atoms. The highest BCUT2D eigenvalue weighted by Crippen LogP contribution is 2.22. The lowest BCUT2D eigenvalue weighted by Gasteiger charge is -2.16. The van der Waals surface area contributed by atoms with Crippen LogP contribution in [-0.2, 0) is 4.79 Å². The summed E-state index contributed by atoms with van der Waals surface area (Å²) in [6.07, 6.45) is 1.85. The molecule has 0 aromatic heterocycles. The molecular formula is C11H20O2. The molecule has 2 heteroatoms. The molecule has 0 saturated carbocycles. The van der Waals surface area contributed by atoms with Gasteiger partial charge in [-0.25, -0.2) is 0 Å². The van der Waals surface area contributed by atoms with E-state index < -0.39 is 0 Å². The molecule has 0 bridgehead atoms. The Balaban J connectivity index is 4.32. The molecule has 0 unspecified atom stereocenters. The van der Waals surface area contributed by atoms with Crippen LogP contribution in [0.25, 0.3) is 0 Å². The van der Waals surface area contributed by atoms with Gasteiger partial charge in [0.05, 0.1) is 0 Å². The van der Waals surface area contributed by atoms with Crippen molar-refractivity contribution in [3.05, 3.63) is 11.8 Å². The van der Waals surface area contributed by atoms with Crippen LogP contribution in [0, 0.1) is 11.3 Å². The second-order valence-electron chi connectivity index (χ2n) is 4.84. The number of carbonyl (C=O) groups is 1. The van der Waals surface area contributed by atoms with Crippen LogP contribution in [0.1, 0.15) is 41.0 Å². The smallest absolute Gasteiger partial charge is 0.159 e. The molecule has 0 rings (SSSR count). The van der Waals surface area contributed by atoms with Crippen LogP contribution in [-0.4, -0.2) is 10.9 Å². The second-order valence-corrected chi connectivity index (χ2v) is 4.84. The summed E-state index contributed by atoms with van der Waals surface area (Å²) >= 11 is 0. The number of hydrogen-bond donors (Lipinski definition) is 1. The van der Waals surface area contributed by atoms with Gasteiger partial charge in [0.2, 0.25) is 0 Å². The molecule has 0 aliphatic rings. The molecule has 0 saturated heterocycles. The maximum absolute atomic E-state index is 11.3. The first kappa shape index (κ1) is 12.2. The zero-order valence-electron chi connectivity index (χ0n) is 9.22. The van der Waals surface area contributed by atoms with Crippen LogP contribution in [0.5, 0.6) is 0 Å². The molecule has 0 aliphatic heterocycles. The van der Waals surface area contributed by atoms with Gasteiger partial charge in [0.1, 0.15) is 5.76 Å². The average molecular weight is 184 g/mol. The van der Waals surface area contributed by atoms with Crippen molar-refractivity contribution < 1.29 is 9.90 Å². The summed E-state index contributed by atoms with van der Waals surface area (Å²) in [4.78, 5) is 11.3. The molecule has 0 spiro atoms. The van der Waals surface area contributed by atoms with E-state index in [4.69, 9.17) is 0 Å². The van der Waals surface area contributed by atoms with Gasteiger partial charge < -0.3 is 5.11 Å². The summed E-state index contributed by atoms with van der Waals surface area (Å²) in [5.41, 5.74) is -0.327. The minimum atomic E-state index is -0.327. The van der Waals surface area contributed by atoms with E-state index in [1.165, 1.54) is 6.08 Å². The lowest BCUT2D eigenvalue weighted by molar-refractivity contribution is -0.115. The number of hydrogen-bond acceptors (Lipinski definition) is 2. The first-order valence-electron chi connectivity index (χ1n) is 4.67. The summed E-state index contributed by atoms with van der Waals surface area (Å²) in [5, 5.41) is 9.51. The zero-order chi connectivity index (χ0) is 10.6. The van der Waals surface area contributed by atoms with Crippen LogP contribution in [0.4, 0.5) is 0 Å². The van der Waals surface area contributed by atoms with Crippen molar-refractivity contribution in [1.29, 1.82) is 0 Å². The molecule has 1 N–H and O–H groups in total. The van der Waals surface area contributed by atoms with Crippen molar-refractivity contribution in [2.75, 3.05) is 0 Å². The molecule has 0 aliphatic carbocycles. The summed E-state index contributed by atoms with van der Waals surface area (Å²) < 4.78 is 0.